The van der Waals surface area contributed by atoms with E-state index in [-0.39, 0.29) is 18.6 Å². The van der Waals surface area contributed by atoms with Gasteiger partial charge in [-0.25, -0.2) is 13.4 Å². The second-order valence-corrected chi connectivity index (χ2v) is 8.64. The molecule has 0 fully saturated rings. The number of hydrazone groups is 1. The maximum Gasteiger partial charge on any atom is 0.269 e. The highest BCUT2D eigenvalue weighted by molar-refractivity contribution is 7.92. The van der Waals surface area contributed by atoms with Gasteiger partial charge in [0.2, 0.25) is 10.0 Å². The largest absolute Gasteiger partial charge is 0.375 e. The van der Waals surface area contributed by atoms with Gasteiger partial charge in [0.1, 0.15) is 6.61 Å². The van der Waals surface area contributed by atoms with Crippen LogP contribution in [0, 0.1) is 0 Å². The lowest BCUT2D eigenvalue weighted by atomic mass is 10.0. The van der Waals surface area contributed by atoms with Crippen LogP contribution >= 0.6 is 11.3 Å². The standard InChI is InChI=1S/C17H19N3O4S2/c1-24-11-17(21)20-15(16-7-4-8-25-16)10-14(18-20)12-5-3-6-13(9-12)19-26(2,22)23/h3-9,15,19H,10-11H2,1-2H3/t15-/m1/s1. The van der Waals surface area contributed by atoms with Crippen LogP contribution in [0.4, 0.5) is 5.69 Å². The zero-order chi connectivity index (χ0) is 18.7. The van der Waals surface area contributed by atoms with Gasteiger partial charge in [0.25, 0.3) is 5.91 Å². The van der Waals surface area contributed by atoms with Gasteiger partial charge < -0.3 is 4.74 Å². The fraction of sp³-hybridized carbons (Fsp3) is 0.294. The third-order valence-electron chi connectivity index (χ3n) is 3.80. The summed E-state index contributed by atoms with van der Waals surface area (Å²) in [5.41, 5.74) is 1.96. The lowest BCUT2D eigenvalue weighted by Crippen LogP contribution is -2.29. The predicted octanol–water partition coefficient (Wildman–Crippen LogP) is 2.44. The van der Waals surface area contributed by atoms with Gasteiger partial charge in [0, 0.05) is 24.1 Å². The first kappa shape index (κ1) is 18.6. The summed E-state index contributed by atoms with van der Waals surface area (Å²) in [6, 6.07) is 10.7. The lowest BCUT2D eigenvalue weighted by Gasteiger charge is -2.20. The van der Waals surface area contributed by atoms with Crippen LogP contribution in [0.5, 0.6) is 0 Å². The predicted molar refractivity (Wildman–Crippen MR) is 102 cm³/mol. The van der Waals surface area contributed by atoms with E-state index < -0.39 is 10.0 Å². The van der Waals surface area contributed by atoms with Crippen LogP contribution in [-0.4, -0.2) is 45.0 Å². The fourth-order valence-corrected chi connectivity index (χ4v) is 4.15. The number of benzene rings is 1. The number of amides is 1. The van der Waals surface area contributed by atoms with Gasteiger partial charge in [0.15, 0.2) is 0 Å². The minimum Gasteiger partial charge on any atom is -0.375 e. The van der Waals surface area contributed by atoms with E-state index in [0.29, 0.717) is 12.1 Å². The van der Waals surface area contributed by atoms with Gasteiger partial charge in [-0.3, -0.25) is 9.52 Å². The second kappa shape index (κ2) is 7.56. The summed E-state index contributed by atoms with van der Waals surface area (Å²) in [4.78, 5) is 13.4. The smallest absolute Gasteiger partial charge is 0.269 e. The molecule has 0 unspecified atom stereocenters. The van der Waals surface area contributed by atoms with Crippen molar-refractivity contribution in [3.05, 3.63) is 52.2 Å². The third kappa shape index (κ3) is 4.29. The number of thiophene rings is 1. The number of anilines is 1. The molecule has 26 heavy (non-hydrogen) atoms. The average molecular weight is 393 g/mol. The van der Waals surface area contributed by atoms with Gasteiger partial charge >= 0.3 is 0 Å². The summed E-state index contributed by atoms with van der Waals surface area (Å²) >= 11 is 1.57. The third-order valence-corrected chi connectivity index (χ3v) is 5.38. The quantitative estimate of drug-likeness (QED) is 0.816. The number of sulfonamides is 1. The molecule has 1 atom stereocenters. The first-order valence-electron chi connectivity index (χ1n) is 7.87. The number of hydrogen-bond donors (Lipinski definition) is 1. The number of hydrogen-bond acceptors (Lipinski definition) is 6. The Morgan fingerprint density at radius 1 is 1.38 bits per heavy atom. The number of rotatable bonds is 6. The van der Waals surface area contributed by atoms with E-state index in [0.717, 1.165) is 22.4 Å². The van der Waals surface area contributed by atoms with E-state index in [2.05, 4.69) is 9.82 Å². The zero-order valence-corrected chi connectivity index (χ0v) is 16.0. The highest BCUT2D eigenvalue weighted by Crippen LogP contribution is 2.35. The molecule has 2 heterocycles. The highest BCUT2D eigenvalue weighted by Gasteiger charge is 2.33. The first-order valence-corrected chi connectivity index (χ1v) is 10.6. The minimum absolute atomic E-state index is 0.0473. The average Bonchev–Trinajstić information content (AvgIpc) is 3.23. The molecule has 1 N–H and O–H groups in total. The number of nitrogens with zero attached hydrogens (tertiary/aromatic N) is 2. The van der Waals surface area contributed by atoms with E-state index in [9.17, 15) is 13.2 Å². The summed E-state index contributed by atoms with van der Waals surface area (Å²) in [6.45, 7) is -0.0473. The van der Waals surface area contributed by atoms with Crippen LogP contribution in [-0.2, 0) is 19.6 Å². The molecule has 0 bridgehead atoms. The van der Waals surface area contributed by atoms with Crippen LogP contribution in [0.15, 0.2) is 46.9 Å². The second-order valence-electron chi connectivity index (χ2n) is 5.91. The molecule has 1 amide bonds. The SMILES string of the molecule is COCC(=O)N1N=C(c2cccc(NS(C)(=O)=O)c2)C[C@@H]1c1cccs1. The van der Waals surface area contributed by atoms with Crippen molar-refractivity contribution < 1.29 is 17.9 Å². The Morgan fingerprint density at radius 2 is 2.19 bits per heavy atom. The molecule has 0 aliphatic carbocycles. The first-order chi connectivity index (χ1) is 12.4. The molecule has 0 spiro atoms. The molecule has 2 aromatic rings. The number of ether oxygens (including phenoxy) is 1. The van der Waals surface area contributed by atoms with E-state index in [4.69, 9.17) is 4.74 Å². The van der Waals surface area contributed by atoms with E-state index >= 15 is 0 Å². The Morgan fingerprint density at radius 3 is 2.85 bits per heavy atom. The van der Waals surface area contributed by atoms with Gasteiger partial charge in [0.05, 0.1) is 18.0 Å². The van der Waals surface area contributed by atoms with Gasteiger partial charge in [-0.05, 0) is 29.1 Å². The molecule has 0 saturated heterocycles. The van der Waals surface area contributed by atoms with Crippen molar-refractivity contribution in [3.8, 4) is 0 Å². The number of carbonyl (C=O) groups excluding carboxylic acids is 1. The molecule has 7 nitrogen and oxygen atoms in total. The van der Waals surface area contributed by atoms with Gasteiger partial charge in [-0.1, -0.05) is 18.2 Å². The van der Waals surface area contributed by atoms with Crippen molar-refractivity contribution in [2.45, 2.75) is 12.5 Å². The summed E-state index contributed by atoms with van der Waals surface area (Å²) in [5.74, 6) is -0.216. The van der Waals surface area contributed by atoms with Crippen molar-refractivity contribution in [1.29, 1.82) is 0 Å². The van der Waals surface area contributed by atoms with E-state index in [1.54, 1.807) is 29.5 Å². The van der Waals surface area contributed by atoms with Gasteiger partial charge in [-0.15, -0.1) is 11.3 Å². The Labute approximate surface area is 156 Å². The van der Waals surface area contributed by atoms with Crippen molar-refractivity contribution in [3.63, 3.8) is 0 Å². The zero-order valence-electron chi connectivity index (χ0n) is 14.4. The Hall–Kier alpha value is -2.23. The summed E-state index contributed by atoms with van der Waals surface area (Å²) in [6.07, 6.45) is 1.66. The fourth-order valence-electron chi connectivity index (χ4n) is 2.78. The van der Waals surface area contributed by atoms with Crippen molar-refractivity contribution >= 4 is 38.7 Å². The molecular formula is C17H19N3O4S2. The number of nitrogens with one attached hydrogen (secondary N) is 1. The van der Waals surface area contributed by atoms with Crippen molar-refractivity contribution in [1.82, 2.24) is 5.01 Å². The van der Waals surface area contributed by atoms with Crippen LogP contribution in [0.25, 0.3) is 0 Å². The molecule has 1 aliphatic heterocycles. The Bertz CT molecular complexity index is 923. The highest BCUT2D eigenvalue weighted by atomic mass is 32.2. The molecule has 1 aromatic heterocycles. The van der Waals surface area contributed by atoms with Crippen LogP contribution in [0.3, 0.4) is 0 Å². The molecule has 138 valence electrons. The maximum atomic E-state index is 12.4. The Kier molecular flexibility index (Phi) is 5.40. The number of methoxy groups -OCH3 is 1. The maximum absolute atomic E-state index is 12.4. The lowest BCUT2D eigenvalue weighted by molar-refractivity contribution is -0.136. The molecule has 0 saturated carbocycles. The number of carbonyl (C=O) groups is 1. The molecule has 9 heteroatoms. The topological polar surface area (TPSA) is 88.1 Å². The molecule has 0 radical (unpaired) electrons. The van der Waals surface area contributed by atoms with Crippen LogP contribution < -0.4 is 4.72 Å². The minimum atomic E-state index is -3.36. The van der Waals surface area contributed by atoms with Crippen molar-refractivity contribution in [2.24, 2.45) is 5.10 Å². The van der Waals surface area contributed by atoms with Crippen LogP contribution in [0.1, 0.15) is 22.9 Å². The normalized spacial score (nSPS) is 17.2. The monoisotopic (exact) mass is 393 g/mol. The summed E-state index contributed by atoms with van der Waals surface area (Å²) in [5, 5.41) is 7.92. The summed E-state index contributed by atoms with van der Waals surface area (Å²) in [7, 11) is -1.89. The Balaban J connectivity index is 1.91. The van der Waals surface area contributed by atoms with Gasteiger partial charge in [-0.2, -0.15) is 5.10 Å². The molecule has 1 aliphatic rings. The molecular weight excluding hydrogens is 374 g/mol. The van der Waals surface area contributed by atoms with E-state index in [1.807, 2.05) is 23.6 Å². The van der Waals surface area contributed by atoms with Crippen molar-refractivity contribution in [2.75, 3.05) is 24.7 Å². The van der Waals surface area contributed by atoms with Crippen LogP contribution in [0.2, 0.25) is 0 Å². The molecule has 1 aromatic carbocycles. The van der Waals surface area contributed by atoms with E-state index in [1.165, 1.54) is 12.1 Å². The molecule has 3 rings (SSSR count). The summed E-state index contributed by atoms with van der Waals surface area (Å²) < 4.78 is 30.3.